The van der Waals surface area contributed by atoms with Crippen LogP contribution in [0.2, 0.25) is 0 Å². The highest BCUT2D eigenvalue weighted by Crippen LogP contribution is 2.35. The molecule has 3 rings (SSSR count). The predicted molar refractivity (Wildman–Crippen MR) is 103 cm³/mol. The molecule has 0 bridgehead atoms. The summed E-state index contributed by atoms with van der Waals surface area (Å²) in [5.74, 6) is -0.182. The van der Waals surface area contributed by atoms with Crippen molar-refractivity contribution in [3.63, 3.8) is 0 Å². The standard InChI is InChI=1S/C22H26FNO3/c1-26-14-11-24-21(25)22(9-12-27-13-10-22)16-17-3-2-4-19(15-17)18-5-7-20(23)8-6-18/h2-8,15H,9-14,16H2,1H3,(H,24,25). The monoisotopic (exact) mass is 371 g/mol. The fourth-order valence-electron chi connectivity index (χ4n) is 3.59. The molecule has 0 atom stereocenters. The quantitative estimate of drug-likeness (QED) is 0.757. The minimum Gasteiger partial charge on any atom is -0.383 e. The summed E-state index contributed by atoms with van der Waals surface area (Å²) in [6.45, 7) is 2.19. The van der Waals surface area contributed by atoms with Crippen LogP contribution in [0.1, 0.15) is 18.4 Å². The summed E-state index contributed by atoms with van der Waals surface area (Å²) in [5, 5.41) is 3.01. The first kappa shape index (κ1) is 19.5. The van der Waals surface area contributed by atoms with E-state index >= 15 is 0 Å². The van der Waals surface area contributed by atoms with Gasteiger partial charge in [0, 0.05) is 26.9 Å². The Balaban J connectivity index is 1.80. The summed E-state index contributed by atoms with van der Waals surface area (Å²) in [5.41, 5.74) is 2.62. The summed E-state index contributed by atoms with van der Waals surface area (Å²) in [4.78, 5) is 12.9. The maximum absolute atomic E-state index is 13.2. The zero-order chi connectivity index (χ0) is 19.1. The van der Waals surface area contributed by atoms with Crippen LogP contribution in [0.4, 0.5) is 4.39 Å². The number of carbonyl (C=O) groups excluding carboxylic acids is 1. The number of nitrogens with one attached hydrogen (secondary N) is 1. The molecule has 1 N–H and O–H groups in total. The van der Waals surface area contributed by atoms with E-state index < -0.39 is 5.41 Å². The van der Waals surface area contributed by atoms with Gasteiger partial charge in [0.25, 0.3) is 0 Å². The van der Waals surface area contributed by atoms with E-state index in [1.807, 2.05) is 18.2 Å². The Bertz CT molecular complexity index is 754. The Morgan fingerprint density at radius 3 is 2.59 bits per heavy atom. The van der Waals surface area contributed by atoms with E-state index in [1.165, 1.54) is 12.1 Å². The minimum absolute atomic E-state index is 0.0648. The molecule has 1 fully saturated rings. The molecule has 2 aromatic rings. The number of benzene rings is 2. The van der Waals surface area contributed by atoms with Crippen LogP contribution in [0.15, 0.2) is 48.5 Å². The van der Waals surface area contributed by atoms with Crippen molar-refractivity contribution in [2.24, 2.45) is 5.41 Å². The maximum Gasteiger partial charge on any atom is 0.226 e. The van der Waals surface area contributed by atoms with Crippen LogP contribution >= 0.6 is 0 Å². The van der Waals surface area contributed by atoms with E-state index in [0.717, 1.165) is 16.7 Å². The maximum atomic E-state index is 13.2. The number of amides is 1. The number of methoxy groups -OCH3 is 1. The lowest BCUT2D eigenvalue weighted by atomic mass is 9.74. The molecule has 27 heavy (non-hydrogen) atoms. The second-order valence-corrected chi connectivity index (χ2v) is 7.03. The molecule has 1 heterocycles. The molecule has 1 saturated heterocycles. The normalized spacial score (nSPS) is 16.1. The second kappa shape index (κ2) is 9.11. The summed E-state index contributed by atoms with van der Waals surface area (Å²) < 4.78 is 23.7. The molecular weight excluding hydrogens is 345 g/mol. The first-order valence-corrected chi connectivity index (χ1v) is 9.33. The lowest BCUT2D eigenvalue weighted by Crippen LogP contribution is -2.46. The smallest absolute Gasteiger partial charge is 0.226 e. The Kier molecular flexibility index (Phi) is 6.58. The molecule has 0 saturated carbocycles. The van der Waals surface area contributed by atoms with Gasteiger partial charge in [0.15, 0.2) is 0 Å². The minimum atomic E-state index is -0.465. The number of hydrogen-bond donors (Lipinski definition) is 1. The second-order valence-electron chi connectivity index (χ2n) is 7.03. The fourth-order valence-corrected chi connectivity index (χ4v) is 3.59. The van der Waals surface area contributed by atoms with E-state index in [4.69, 9.17) is 9.47 Å². The van der Waals surface area contributed by atoms with Gasteiger partial charge in [0.05, 0.1) is 12.0 Å². The van der Waals surface area contributed by atoms with Gasteiger partial charge in [-0.05, 0) is 48.1 Å². The summed E-state index contributed by atoms with van der Waals surface area (Å²) >= 11 is 0. The van der Waals surface area contributed by atoms with E-state index in [-0.39, 0.29) is 11.7 Å². The fraction of sp³-hybridized carbons (Fsp3) is 0.409. The highest BCUT2D eigenvalue weighted by atomic mass is 19.1. The van der Waals surface area contributed by atoms with Crippen LogP contribution in [0.5, 0.6) is 0 Å². The molecular formula is C22H26FNO3. The predicted octanol–water partition coefficient (Wildman–Crippen LogP) is 3.59. The van der Waals surface area contributed by atoms with Crippen molar-refractivity contribution in [2.75, 3.05) is 33.5 Å². The van der Waals surface area contributed by atoms with Gasteiger partial charge in [-0.2, -0.15) is 0 Å². The molecule has 4 nitrogen and oxygen atoms in total. The number of ether oxygens (including phenoxy) is 2. The molecule has 0 unspecified atom stereocenters. The topological polar surface area (TPSA) is 47.6 Å². The molecule has 0 radical (unpaired) electrons. The van der Waals surface area contributed by atoms with Crippen molar-refractivity contribution in [1.82, 2.24) is 5.32 Å². The SMILES string of the molecule is COCCNC(=O)C1(Cc2cccc(-c3ccc(F)cc3)c2)CCOCC1. The Morgan fingerprint density at radius 2 is 1.89 bits per heavy atom. The van der Waals surface area contributed by atoms with Crippen molar-refractivity contribution < 1.29 is 18.7 Å². The molecule has 144 valence electrons. The van der Waals surface area contributed by atoms with E-state index in [1.54, 1.807) is 19.2 Å². The Labute approximate surface area is 159 Å². The zero-order valence-electron chi connectivity index (χ0n) is 15.7. The van der Waals surface area contributed by atoms with Gasteiger partial charge in [0.1, 0.15) is 5.82 Å². The van der Waals surface area contributed by atoms with Crippen molar-refractivity contribution >= 4 is 5.91 Å². The van der Waals surface area contributed by atoms with Crippen molar-refractivity contribution in [1.29, 1.82) is 0 Å². The molecule has 1 aliphatic heterocycles. The van der Waals surface area contributed by atoms with E-state index in [2.05, 4.69) is 11.4 Å². The van der Waals surface area contributed by atoms with Gasteiger partial charge in [-0.3, -0.25) is 4.79 Å². The average molecular weight is 371 g/mol. The van der Waals surface area contributed by atoms with Crippen molar-refractivity contribution in [2.45, 2.75) is 19.3 Å². The summed E-state index contributed by atoms with van der Waals surface area (Å²) in [7, 11) is 1.62. The number of rotatable bonds is 7. The number of halogens is 1. The van der Waals surface area contributed by atoms with Crippen molar-refractivity contribution in [3.8, 4) is 11.1 Å². The molecule has 0 aromatic heterocycles. The molecule has 0 spiro atoms. The molecule has 0 aliphatic carbocycles. The van der Waals surface area contributed by atoms with Crippen molar-refractivity contribution in [3.05, 3.63) is 59.9 Å². The highest BCUT2D eigenvalue weighted by Gasteiger charge is 2.39. The van der Waals surface area contributed by atoms with Crippen LogP contribution in [0.25, 0.3) is 11.1 Å². The summed E-state index contributed by atoms with van der Waals surface area (Å²) in [6.07, 6.45) is 2.06. The number of hydrogen-bond acceptors (Lipinski definition) is 3. The van der Waals surface area contributed by atoms with Gasteiger partial charge < -0.3 is 14.8 Å². The van der Waals surface area contributed by atoms with Gasteiger partial charge in [0.2, 0.25) is 5.91 Å². The van der Waals surface area contributed by atoms with Crippen LogP contribution in [0.3, 0.4) is 0 Å². The number of carbonyl (C=O) groups is 1. The average Bonchev–Trinajstić information content (AvgIpc) is 2.69. The van der Waals surface area contributed by atoms with Crippen LogP contribution < -0.4 is 5.32 Å². The molecule has 1 amide bonds. The van der Waals surface area contributed by atoms with Gasteiger partial charge in [-0.1, -0.05) is 36.4 Å². The highest BCUT2D eigenvalue weighted by molar-refractivity contribution is 5.83. The van der Waals surface area contributed by atoms with E-state index in [0.29, 0.717) is 45.6 Å². The molecule has 1 aliphatic rings. The largest absolute Gasteiger partial charge is 0.383 e. The van der Waals surface area contributed by atoms with Crippen LogP contribution in [0, 0.1) is 11.2 Å². The third kappa shape index (κ3) is 4.93. The summed E-state index contributed by atoms with van der Waals surface area (Å²) in [6, 6.07) is 14.6. The zero-order valence-corrected chi connectivity index (χ0v) is 15.7. The Morgan fingerprint density at radius 1 is 1.15 bits per heavy atom. The Hall–Kier alpha value is -2.24. The van der Waals surface area contributed by atoms with Crippen LogP contribution in [-0.2, 0) is 20.7 Å². The van der Waals surface area contributed by atoms with Crippen LogP contribution in [-0.4, -0.2) is 39.4 Å². The first-order chi connectivity index (χ1) is 13.1. The molecule has 2 aromatic carbocycles. The van der Waals surface area contributed by atoms with Gasteiger partial charge in [-0.25, -0.2) is 4.39 Å². The lowest BCUT2D eigenvalue weighted by molar-refractivity contribution is -0.136. The van der Waals surface area contributed by atoms with Gasteiger partial charge in [-0.15, -0.1) is 0 Å². The van der Waals surface area contributed by atoms with Gasteiger partial charge >= 0.3 is 0 Å². The third-order valence-electron chi connectivity index (χ3n) is 5.17. The van der Waals surface area contributed by atoms with E-state index in [9.17, 15) is 9.18 Å². The first-order valence-electron chi connectivity index (χ1n) is 9.33. The molecule has 5 heteroatoms. The third-order valence-corrected chi connectivity index (χ3v) is 5.17. The lowest BCUT2D eigenvalue weighted by Gasteiger charge is -2.36.